The number of benzene rings is 2. The summed E-state index contributed by atoms with van der Waals surface area (Å²) in [7, 11) is 0. The van der Waals surface area contributed by atoms with E-state index in [-0.39, 0.29) is 18.1 Å². The summed E-state index contributed by atoms with van der Waals surface area (Å²) in [5, 5.41) is 4.16. The Kier molecular flexibility index (Phi) is 4.66. The molecule has 0 bridgehead atoms. The molecule has 24 heavy (non-hydrogen) atoms. The highest BCUT2D eigenvalue weighted by molar-refractivity contribution is 6.34. The predicted molar refractivity (Wildman–Crippen MR) is 90.8 cm³/mol. The van der Waals surface area contributed by atoms with Crippen molar-refractivity contribution >= 4 is 34.9 Å². The number of hydrogen-bond acceptors (Lipinski definition) is 2. The first kappa shape index (κ1) is 16.3. The average molecular weight is 348 g/mol. The van der Waals surface area contributed by atoms with Crippen molar-refractivity contribution in [1.29, 1.82) is 0 Å². The molecule has 2 N–H and O–H groups in total. The monoisotopic (exact) mass is 347 g/mol. The molecule has 3 amide bonds. The van der Waals surface area contributed by atoms with Gasteiger partial charge in [0.25, 0.3) is 0 Å². The third-order valence-electron chi connectivity index (χ3n) is 3.74. The minimum absolute atomic E-state index is 0.0605. The van der Waals surface area contributed by atoms with Crippen molar-refractivity contribution in [1.82, 2.24) is 5.32 Å². The predicted octanol–water partition coefficient (Wildman–Crippen LogP) is 2.97. The zero-order valence-electron chi connectivity index (χ0n) is 12.6. The van der Waals surface area contributed by atoms with Gasteiger partial charge in [-0.05, 0) is 24.3 Å². The summed E-state index contributed by atoms with van der Waals surface area (Å²) in [4.78, 5) is 25.8. The fourth-order valence-corrected chi connectivity index (χ4v) is 2.81. The van der Waals surface area contributed by atoms with Gasteiger partial charge in [-0.15, -0.1) is 11.6 Å². The van der Waals surface area contributed by atoms with Gasteiger partial charge in [0.1, 0.15) is 11.2 Å². The number of anilines is 2. The van der Waals surface area contributed by atoms with Crippen LogP contribution in [-0.2, 0) is 4.79 Å². The largest absolute Gasteiger partial charge is 0.331 e. The van der Waals surface area contributed by atoms with E-state index in [1.54, 1.807) is 18.2 Å². The van der Waals surface area contributed by atoms with Crippen LogP contribution in [0.15, 0.2) is 54.6 Å². The van der Waals surface area contributed by atoms with E-state index >= 15 is 0 Å². The van der Waals surface area contributed by atoms with E-state index in [1.807, 2.05) is 18.2 Å². The molecule has 0 aromatic heterocycles. The molecule has 2 aromatic rings. The van der Waals surface area contributed by atoms with Crippen LogP contribution < -0.4 is 15.5 Å². The normalized spacial score (nSPS) is 20.1. The first-order valence-corrected chi connectivity index (χ1v) is 7.82. The van der Waals surface area contributed by atoms with Crippen molar-refractivity contribution in [3.05, 3.63) is 60.4 Å². The summed E-state index contributed by atoms with van der Waals surface area (Å²) in [5.74, 6) is -0.817. The number of halogens is 2. The van der Waals surface area contributed by atoms with Crippen molar-refractivity contribution in [2.45, 2.75) is 11.4 Å². The molecule has 0 radical (unpaired) electrons. The Morgan fingerprint density at radius 1 is 1.12 bits per heavy atom. The molecule has 2 atom stereocenters. The van der Waals surface area contributed by atoms with Gasteiger partial charge in [-0.2, -0.15) is 0 Å². The maximum Gasteiger partial charge on any atom is 0.319 e. The second-order valence-corrected chi connectivity index (χ2v) is 5.84. The summed E-state index contributed by atoms with van der Waals surface area (Å²) >= 11 is 6.14. The second-order valence-electron chi connectivity index (χ2n) is 5.37. The number of carbonyl (C=O) groups excluding carboxylic acids is 2. The van der Waals surface area contributed by atoms with Gasteiger partial charge < -0.3 is 15.5 Å². The maximum absolute atomic E-state index is 13.6. The summed E-state index contributed by atoms with van der Waals surface area (Å²) in [5.41, 5.74) is 0.775. The van der Waals surface area contributed by atoms with Crippen LogP contribution in [-0.4, -0.2) is 29.9 Å². The molecule has 2 unspecified atom stereocenters. The molecule has 0 saturated carbocycles. The number of nitrogens with zero attached hydrogens (tertiary/aromatic N) is 1. The molecule has 1 aliphatic heterocycles. The fourth-order valence-electron chi connectivity index (χ4n) is 2.55. The van der Waals surface area contributed by atoms with Gasteiger partial charge in [0.05, 0.1) is 11.7 Å². The Bertz CT molecular complexity index is 757. The number of carbonyl (C=O) groups is 2. The number of para-hydroxylation sites is 2. The number of nitrogens with one attached hydrogen (secondary N) is 2. The summed E-state index contributed by atoms with van der Waals surface area (Å²) in [6.07, 6.45) is 0. The minimum Gasteiger partial charge on any atom is -0.331 e. The Morgan fingerprint density at radius 2 is 1.79 bits per heavy atom. The zero-order chi connectivity index (χ0) is 17.1. The Labute approximate surface area is 143 Å². The summed E-state index contributed by atoms with van der Waals surface area (Å²) < 4.78 is 13.6. The number of amides is 3. The van der Waals surface area contributed by atoms with Gasteiger partial charge in [-0.1, -0.05) is 30.3 Å². The van der Waals surface area contributed by atoms with Crippen molar-refractivity contribution < 1.29 is 14.0 Å². The van der Waals surface area contributed by atoms with Gasteiger partial charge in [-0.25, -0.2) is 9.18 Å². The third kappa shape index (κ3) is 3.33. The SMILES string of the molecule is O=C(Nc1ccccc1F)NC1CN(c2ccccc2)C(=O)C1Cl. The Hall–Kier alpha value is -2.60. The second kappa shape index (κ2) is 6.88. The number of alkyl halides is 1. The van der Waals surface area contributed by atoms with Crippen LogP contribution in [0.1, 0.15) is 0 Å². The van der Waals surface area contributed by atoms with E-state index in [4.69, 9.17) is 11.6 Å². The van der Waals surface area contributed by atoms with Crippen molar-refractivity contribution in [2.24, 2.45) is 0 Å². The minimum atomic E-state index is -0.878. The zero-order valence-corrected chi connectivity index (χ0v) is 13.3. The van der Waals surface area contributed by atoms with Crippen LogP contribution in [0, 0.1) is 5.82 Å². The van der Waals surface area contributed by atoms with Gasteiger partial charge in [0.15, 0.2) is 0 Å². The van der Waals surface area contributed by atoms with Gasteiger partial charge in [0.2, 0.25) is 5.91 Å². The average Bonchev–Trinajstić information content (AvgIpc) is 2.86. The highest BCUT2D eigenvalue weighted by Crippen LogP contribution is 2.24. The van der Waals surface area contributed by atoms with Crippen LogP contribution in [0.3, 0.4) is 0 Å². The van der Waals surface area contributed by atoms with E-state index in [2.05, 4.69) is 10.6 Å². The van der Waals surface area contributed by atoms with Crippen LogP contribution in [0.25, 0.3) is 0 Å². The van der Waals surface area contributed by atoms with E-state index in [1.165, 1.54) is 23.1 Å². The van der Waals surface area contributed by atoms with Gasteiger partial charge in [-0.3, -0.25) is 4.79 Å². The fraction of sp³-hybridized carbons (Fsp3) is 0.176. The standard InChI is InChI=1S/C17H15ClFN3O2/c18-15-14(10-22(16(15)23)11-6-2-1-3-7-11)21-17(24)20-13-9-5-4-8-12(13)19/h1-9,14-15H,10H2,(H2,20,21,24). The van der Waals surface area contributed by atoms with Crippen LogP contribution >= 0.6 is 11.6 Å². The number of urea groups is 1. The molecule has 7 heteroatoms. The molecule has 0 aliphatic carbocycles. The smallest absolute Gasteiger partial charge is 0.319 e. The van der Waals surface area contributed by atoms with Crippen LogP contribution in [0.5, 0.6) is 0 Å². The van der Waals surface area contributed by atoms with E-state index in [0.717, 1.165) is 0 Å². The Morgan fingerprint density at radius 3 is 2.50 bits per heavy atom. The van der Waals surface area contributed by atoms with Crippen LogP contribution in [0.2, 0.25) is 0 Å². The van der Waals surface area contributed by atoms with Crippen molar-refractivity contribution in [3.63, 3.8) is 0 Å². The molecule has 124 valence electrons. The molecule has 1 saturated heterocycles. The molecule has 1 aliphatic rings. The highest BCUT2D eigenvalue weighted by Gasteiger charge is 2.40. The molecular formula is C17H15ClFN3O2. The lowest BCUT2D eigenvalue weighted by atomic mass is 10.2. The lowest BCUT2D eigenvalue weighted by Gasteiger charge is -2.17. The molecule has 5 nitrogen and oxygen atoms in total. The summed E-state index contributed by atoms with van der Waals surface area (Å²) in [6.45, 7) is 0.252. The van der Waals surface area contributed by atoms with Crippen molar-refractivity contribution in [3.8, 4) is 0 Å². The lowest BCUT2D eigenvalue weighted by Crippen LogP contribution is -2.43. The topological polar surface area (TPSA) is 61.4 Å². The number of hydrogen-bond donors (Lipinski definition) is 2. The molecular weight excluding hydrogens is 333 g/mol. The van der Waals surface area contributed by atoms with E-state index in [9.17, 15) is 14.0 Å². The Balaban J connectivity index is 1.66. The molecule has 0 spiro atoms. The molecule has 1 heterocycles. The quantitative estimate of drug-likeness (QED) is 0.838. The molecule has 1 fully saturated rings. The first-order chi connectivity index (χ1) is 11.6. The van der Waals surface area contributed by atoms with Gasteiger partial charge >= 0.3 is 6.03 Å². The molecule has 2 aromatic carbocycles. The van der Waals surface area contributed by atoms with Gasteiger partial charge in [0, 0.05) is 12.2 Å². The maximum atomic E-state index is 13.6. The third-order valence-corrected chi connectivity index (χ3v) is 4.23. The van der Waals surface area contributed by atoms with E-state index in [0.29, 0.717) is 5.69 Å². The summed E-state index contributed by atoms with van der Waals surface area (Å²) in [6, 6.07) is 13.7. The lowest BCUT2D eigenvalue weighted by molar-refractivity contribution is -0.116. The number of rotatable bonds is 3. The van der Waals surface area contributed by atoms with Crippen molar-refractivity contribution in [2.75, 3.05) is 16.8 Å². The van der Waals surface area contributed by atoms with Crippen LogP contribution in [0.4, 0.5) is 20.6 Å². The van der Waals surface area contributed by atoms with E-state index < -0.39 is 23.3 Å². The first-order valence-electron chi connectivity index (χ1n) is 7.39. The highest BCUT2D eigenvalue weighted by atomic mass is 35.5. The molecule has 3 rings (SSSR count).